The van der Waals surface area contributed by atoms with E-state index in [9.17, 15) is 19.1 Å². The van der Waals surface area contributed by atoms with Gasteiger partial charge in [0.2, 0.25) is 0 Å². The number of carbonyl (C=O) groups excluding carboxylic acids is 2. The zero-order valence-electron chi connectivity index (χ0n) is 24.2. The molecule has 0 bridgehead atoms. The van der Waals surface area contributed by atoms with Crippen LogP contribution >= 0.6 is 0 Å². The Morgan fingerprint density at radius 3 is 2.00 bits per heavy atom. The van der Waals surface area contributed by atoms with Crippen molar-refractivity contribution in [3.05, 3.63) is 144 Å². The topological polar surface area (TPSA) is 83.4 Å². The molecular weight excluding hydrogens is 583 g/mol. The predicted octanol–water partition coefficient (Wildman–Crippen LogP) is 3.02. The molecule has 44 heavy (non-hydrogen) atoms. The normalized spacial score (nSPS) is 11.6. The fourth-order valence-electron chi connectivity index (χ4n) is 5.40. The van der Waals surface area contributed by atoms with E-state index in [4.69, 9.17) is 4.74 Å². The van der Waals surface area contributed by atoms with E-state index in [0.29, 0.717) is 30.2 Å². The van der Waals surface area contributed by atoms with Gasteiger partial charge in [-0.05, 0) is 72.6 Å². The number of hydrogen-bond donors (Lipinski definition) is 1. The first-order valence-electron chi connectivity index (χ1n) is 14.0. The van der Waals surface area contributed by atoms with Crippen LogP contribution in [0.3, 0.4) is 0 Å². The van der Waals surface area contributed by atoms with E-state index in [1.807, 2.05) is 48.5 Å². The second-order valence-electron chi connectivity index (χ2n) is 10.3. The van der Waals surface area contributed by atoms with Gasteiger partial charge in [-0.25, -0.2) is 4.39 Å². The van der Waals surface area contributed by atoms with E-state index in [1.54, 1.807) is 24.3 Å². The van der Waals surface area contributed by atoms with Gasteiger partial charge < -0.3 is 24.5 Å². The number of nitrogens with zero attached hydrogens (tertiary/aromatic N) is 1. The Bertz CT molecular complexity index is 1870. The number of ketones is 1. The molecule has 0 radical (unpaired) electrons. The number of hydrogen-bond acceptors (Lipinski definition) is 5. The molecule has 0 amide bonds. The molecule has 5 aromatic carbocycles. The molecule has 0 aliphatic rings. The van der Waals surface area contributed by atoms with Gasteiger partial charge in [0, 0.05) is 38.6 Å². The summed E-state index contributed by atoms with van der Waals surface area (Å²) in [5.41, 5.74) is 4.02. The molecule has 0 aliphatic heterocycles. The van der Waals surface area contributed by atoms with Crippen molar-refractivity contribution in [2.24, 2.45) is 0 Å². The number of anilines is 1. The maximum atomic E-state index is 13.3. The predicted molar refractivity (Wildman–Crippen MR) is 164 cm³/mol. The summed E-state index contributed by atoms with van der Waals surface area (Å²) in [5.74, 6) is -1.41. The minimum atomic E-state index is -1.30. The number of aromatic nitrogens is 1. The Labute approximate surface area is 296 Å². The molecule has 0 aliphatic carbocycles. The molecule has 6 aromatic rings. The molecule has 0 saturated carbocycles. The molecule has 214 valence electrons. The Morgan fingerprint density at radius 2 is 1.36 bits per heavy atom. The number of benzene rings is 5. The Balaban J connectivity index is 0.00000384. The molecule has 8 heteroatoms. The van der Waals surface area contributed by atoms with Crippen molar-refractivity contribution in [2.45, 2.75) is 19.0 Å². The first kappa shape index (κ1) is 31.6. The number of para-hydroxylation sites is 3. The van der Waals surface area contributed by atoms with E-state index in [2.05, 4.69) is 34.1 Å². The van der Waals surface area contributed by atoms with Crippen LogP contribution in [0.4, 0.5) is 10.1 Å². The average molecular weight is 611 g/mol. The minimum Gasteiger partial charge on any atom is -0.548 e. The van der Waals surface area contributed by atoms with Crippen LogP contribution in [0.25, 0.3) is 21.8 Å². The quantitative estimate of drug-likeness (QED) is 0.180. The Morgan fingerprint density at radius 1 is 0.773 bits per heavy atom. The van der Waals surface area contributed by atoms with Crippen LogP contribution < -0.4 is 66.5 Å². The van der Waals surface area contributed by atoms with Gasteiger partial charge in [0.25, 0.3) is 0 Å². The largest absolute Gasteiger partial charge is 1.00 e. The zero-order chi connectivity index (χ0) is 29.8. The second kappa shape index (κ2) is 14.3. The fraction of sp³-hybridized carbons (Fsp3) is 0.111. The first-order valence-corrected chi connectivity index (χ1v) is 14.0. The number of rotatable bonds is 11. The molecule has 6 nitrogen and oxygen atoms in total. The van der Waals surface area contributed by atoms with E-state index in [-0.39, 0.29) is 69.2 Å². The summed E-state index contributed by atoms with van der Waals surface area (Å²) >= 11 is 0. The third-order valence-electron chi connectivity index (χ3n) is 7.52. The molecule has 0 spiro atoms. The second-order valence-corrected chi connectivity index (χ2v) is 10.3. The smallest absolute Gasteiger partial charge is 0.548 e. The van der Waals surface area contributed by atoms with Crippen LogP contribution in [0.2, 0.25) is 0 Å². The van der Waals surface area contributed by atoms with Gasteiger partial charge in [0.05, 0.1) is 18.6 Å². The van der Waals surface area contributed by atoms with E-state index in [0.717, 1.165) is 16.6 Å². The van der Waals surface area contributed by atoms with Gasteiger partial charge in [-0.1, -0.05) is 60.7 Å². The number of fused-ring (bicyclic) bond motifs is 3. The van der Waals surface area contributed by atoms with Crippen LogP contribution in [-0.2, 0) is 17.8 Å². The summed E-state index contributed by atoms with van der Waals surface area (Å²) < 4.78 is 21.6. The van der Waals surface area contributed by atoms with Gasteiger partial charge in [-0.15, -0.1) is 0 Å². The molecule has 0 saturated heterocycles. The van der Waals surface area contributed by atoms with E-state index in [1.165, 1.54) is 35.0 Å². The molecule has 6 rings (SSSR count). The van der Waals surface area contributed by atoms with Crippen LogP contribution in [-0.4, -0.2) is 29.0 Å². The number of ether oxygens (including phenoxy) is 1. The third kappa shape index (κ3) is 6.95. The van der Waals surface area contributed by atoms with E-state index < -0.39 is 17.8 Å². The van der Waals surface area contributed by atoms with Gasteiger partial charge in [0.15, 0.2) is 5.78 Å². The molecular formula is C36H28FKN2O4. The van der Waals surface area contributed by atoms with Crippen molar-refractivity contribution in [1.29, 1.82) is 0 Å². The summed E-state index contributed by atoms with van der Waals surface area (Å²) in [6.45, 7) is 1.13. The summed E-state index contributed by atoms with van der Waals surface area (Å²) in [6.07, 6.45) is 0.128. The summed E-state index contributed by atoms with van der Waals surface area (Å²) in [6, 6.07) is 34.7. The van der Waals surface area contributed by atoms with Crippen molar-refractivity contribution in [1.82, 2.24) is 4.57 Å². The van der Waals surface area contributed by atoms with Gasteiger partial charge in [-0.3, -0.25) is 4.79 Å². The summed E-state index contributed by atoms with van der Waals surface area (Å²) in [4.78, 5) is 25.2. The fourth-order valence-corrected chi connectivity index (χ4v) is 5.40. The van der Waals surface area contributed by atoms with Crippen molar-refractivity contribution >= 4 is 39.2 Å². The molecule has 1 atom stereocenters. The van der Waals surface area contributed by atoms with Crippen LogP contribution in [0.5, 0.6) is 5.75 Å². The van der Waals surface area contributed by atoms with Crippen LogP contribution in [0.1, 0.15) is 21.5 Å². The molecule has 0 fully saturated rings. The maximum absolute atomic E-state index is 13.3. The molecule has 1 heterocycles. The van der Waals surface area contributed by atoms with E-state index >= 15 is 0 Å². The van der Waals surface area contributed by atoms with Crippen molar-refractivity contribution < 1.29 is 75.2 Å². The Kier molecular flexibility index (Phi) is 10.3. The minimum absolute atomic E-state index is 0. The zero-order valence-corrected chi connectivity index (χ0v) is 27.3. The SMILES string of the molecule is O=C(c1ccc(F)cc1)c1ccccc1N[C@@H](Cc1ccc(OCCn2c3ccccc3c3ccccc32)cc1)C(=O)[O-].[K+]. The van der Waals surface area contributed by atoms with Crippen molar-refractivity contribution in [2.75, 3.05) is 11.9 Å². The number of carbonyl (C=O) groups is 2. The molecule has 1 N–H and O–H groups in total. The number of carboxylic acid groups (broad SMARTS) is 1. The number of aliphatic carboxylic acids is 1. The maximum Gasteiger partial charge on any atom is 1.00 e. The number of carboxylic acids is 1. The van der Waals surface area contributed by atoms with Crippen molar-refractivity contribution in [3.8, 4) is 5.75 Å². The monoisotopic (exact) mass is 610 g/mol. The van der Waals surface area contributed by atoms with Crippen LogP contribution in [0.15, 0.2) is 121 Å². The van der Waals surface area contributed by atoms with Gasteiger partial charge in [0.1, 0.15) is 18.2 Å². The Hall–Kier alpha value is -3.79. The number of nitrogens with one attached hydrogen (secondary N) is 1. The number of halogens is 1. The molecule has 1 aromatic heterocycles. The summed E-state index contributed by atoms with van der Waals surface area (Å²) in [5, 5.41) is 17.5. The first-order chi connectivity index (χ1) is 21.0. The standard InChI is InChI=1S/C36H29FN2O4.K/c37-26-17-15-25(16-18-26)35(40)30-9-1-4-10-31(30)38-32(36(41)42)23-24-13-19-27(20-14-24)43-22-21-39-33-11-5-2-7-28(33)29-8-3-6-12-34(29)39;/h1-20,32,38H,21-23H2,(H,41,42);/q;+1/p-1/t32-;/m0./s1. The van der Waals surface area contributed by atoms with Gasteiger partial charge >= 0.3 is 51.4 Å². The molecule has 0 unspecified atom stereocenters. The van der Waals surface area contributed by atoms with Gasteiger partial charge in [-0.2, -0.15) is 0 Å². The third-order valence-corrected chi connectivity index (χ3v) is 7.52. The van der Waals surface area contributed by atoms with Crippen LogP contribution in [0, 0.1) is 5.82 Å². The van der Waals surface area contributed by atoms with Crippen molar-refractivity contribution in [3.63, 3.8) is 0 Å². The summed E-state index contributed by atoms with van der Waals surface area (Å²) in [7, 11) is 0. The average Bonchev–Trinajstić information content (AvgIpc) is 3.35.